The normalized spacial score (nSPS) is 31.6. The Balaban J connectivity index is 1.33. The molecule has 1 amide bonds. The van der Waals surface area contributed by atoms with E-state index in [0.717, 1.165) is 18.5 Å². The largest absolute Gasteiger partial charge is 0.480 e. The van der Waals surface area contributed by atoms with Crippen LogP contribution >= 0.6 is 0 Å². The number of nitrogens with zero attached hydrogens (tertiary/aromatic N) is 1. The standard InChI is InChI=1S/C33H41N3O4Si/c1-41(2)28-18-22(35-29(37)14-13-27(34)32(38)39)11-12-25(28)33(24-10-4-3-7-21(24)19-40-33)26-17-20-8-5-15-36-16-6-9-23(30(20)36)31(26)41/h3-4,7,10-12,18,20,25,27-28H,5-6,8-9,13-17,19,34H2,1-2H3,(H,35,37)(H,38,39)/t20?,25?,27-,28?,33?/m0/s1. The fraction of sp³-hybridized carbons (Fsp3) is 0.515. The van der Waals surface area contributed by atoms with E-state index in [9.17, 15) is 9.59 Å². The molecular formula is C33H41N3O4Si. The minimum Gasteiger partial charge on any atom is -0.480 e. The predicted molar refractivity (Wildman–Crippen MR) is 160 cm³/mol. The van der Waals surface area contributed by atoms with Crippen molar-refractivity contribution in [3.63, 3.8) is 0 Å². The SMILES string of the molecule is C[Si]1(C)C2=C(CC3CCCN4CCCC2=C34)C2(OCc3ccccc32)C2C=CC(NC(=O)CC[C@H](N)C(=O)O)=CC21. The number of benzene rings is 1. The van der Waals surface area contributed by atoms with Gasteiger partial charge in [0.1, 0.15) is 11.6 Å². The number of nitrogens with two attached hydrogens (primary N) is 1. The molecule has 7 rings (SSSR count). The van der Waals surface area contributed by atoms with E-state index < -0.39 is 25.7 Å². The van der Waals surface area contributed by atoms with E-state index in [1.54, 1.807) is 22.0 Å². The van der Waals surface area contributed by atoms with Crippen LogP contribution in [0.5, 0.6) is 0 Å². The van der Waals surface area contributed by atoms with E-state index in [1.165, 1.54) is 43.5 Å². The number of aliphatic carboxylic acids is 1. The minimum absolute atomic E-state index is 0.0801. The van der Waals surface area contributed by atoms with Crippen molar-refractivity contribution in [2.45, 2.75) is 81.8 Å². The van der Waals surface area contributed by atoms with Gasteiger partial charge in [-0.3, -0.25) is 9.59 Å². The lowest BCUT2D eigenvalue weighted by atomic mass is 9.66. The summed E-state index contributed by atoms with van der Waals surface area (Å²) in [5.74, 6) is -0.525. The molecule has 2 aliphatic carbocycles. The van der Waals surface area contributed by atoms with E-state index in [-0.39, 0.29) is 30.2 Å². The van der Waals surface area contributed by atoms with Crippen LogP contribution in [-0.2, 0) is 26.5 Å². The van der Waals surface area contributed by atoms with Crippen molar-refractivity contribution < 1.29 is 19.4 Å². The molecule has 4 heterocycles. The molecule has 4 aliphatic heterocycles. The summed E-state index contributed by atoms with van der Waals surface area (Å²) < 4.78 is 7.10. The number of rotatable bonds is 5. The van der Waals surface area contributed by atoms with Crippen LogP contribution in [0.4, 0.5) is 0 Å². The van der Waals surface area contributed by atoms with Gasteiger partial charge in [-0.05, 0) is 72.4 Å². The van der Waals surface area contributed by atoms with Crippen LogP contribution < -0.4 is 11.1 Å². The molecule has 41 heavy (non-hydrogen) atoms. The molecule has 4 N–H and O–H groups in total. The first-order valence-corrected chi connectivity index (χ1v) is 18.4. The third-order valence-electron chi connectivity index (χ3n) is 10.7. The lowest BCUT2D eigenvalue weighted by molar-refractivity contribution is -0.138. The van der Waals surface area contributed by atoms with Crippen LogP contribution in [0.15, 0.2) is 70.2 Å². The summed E-state index contributed by atoms with van der Waals surface area (Å²) >= 11 is 0. The van der Waals surface area contributed by atoms with Crippen molar-refractivity contribution in [3.8, 4) is 0 Å². The molecule has 0 bridgehead atoms. The van der Waals surface area contributed by atoms with Crippen LogP contribution in [0.1, 0.15) is 56.1 Å². The zero-order valence-corrected chi connectivity index (χ0v) is 25.1. The number of ether oxygens (including phenoxy) is 1. The van der Waals surface area contributed by atoms with Crippen molar-refractivity contribution in [1.29, 1.82) is 0 Å². The quantitative estimate of drug-likeness (QED) is 0.435. The highest BCUT2D eigenvalue weighted by atomic mass is 28.3. The van der Waals surface area contributed by atoms with Gasteiger partial charge < -0.3 is 25.8 Å². The van der Waals surface area contributed by atoms with Crippen LogP contribution in [0.3, 0.4) is 0 Å². The monoisotopic (exact) mass is 571 g/mol. The zero-order chi connectivity index (χ0) is 28.5. The maximum absolute atomic E-state index is 12.8. The first kappa shape index (κ1) is 26.9. The smallest absolute Gasteiger partial charge is 0.320 e. The fourth-order valence-corrected chi connectivity index (χ4v) is 13.3. The number of fused-ring (bicyclic) bond motifs is 6. The van der Waals surface area contributed by atoms with Gasteiger partial charge >= 0.3 is 5.97 Å². The van der Waals surface area contributed by atoms with Gasteiger partial charge in [-0.15, -0.1) is 0 Å². The molecule has 0 aromatic heterocycles. The lowest BCUT2D eigenvalue weighted by Gasteiger charge is -2.58. The first-order valence-electron chi connectivity index (χ1n) is 15.3. The number of nitrogens with one attached hydrogen (secondary N) is 1. The van der Waals surface area contributed by atoms with E-state index >= 15 is 0 Å². The summed E-state index contributed by atoms with van der Waals surface area (Å²) in [4.78, 5) is 26.7. The number of carboxylic acid groups (broad SMARTS) is 1. The summed E-state index contributed by atoms with van der Waals surface area (Å²) in [6, 6.07) is 7.77. The van der Waals surface area contributed by atoms with Gasteiger partial charge in [0, 0.05) is 42.7 Å². The molecule has 1 spiro atoms. The number of allylic oxidation sites excluding steroid dienone is 5. The predicted octanol–water partition coefficient (Wildman–Crippen LogP) is 4.88. The van der Waals surface area contributed by atoms with Crippen molar-refractivity contribution in [3.05, 3.63) is 81.4 Å². The minimum atomic E-state index is -2.09. The van der Waals surface area contributed by atoms with E-state index in [0.29, 0.717) is 12.5 Å². The summed E-state index contributed by atoms with van der Waals surface area (Å²) in [5, 5.41) is 13.8. The number of hydrogen-bond donors (Lipinski definition) is 3. The molecule has 4 unspecified atom stereocenters. The molecule has 8 heteroatoms. The third-order valence-corrected chi connectivity index (χ3v) is 14.8. The lowest BCUT2D eigenvalue weighted by Crippen LogP contribution is -2.56. The number of hydrogen-bond acceptors (Lipinski definition) is 5. The second-order valence-corrected chi connectivity index (χ2v) is 17.9. The number of carboxylic acids is 1. The molecular weight excluding hydrogens is 530 g/mol. The number of carbonyl (C=O) groups is 2. The second kappa shape index (κ2) is 9.82. The zero-order valence-electron chi connectivity index (χ0n) is 24.1. The topological polar surface area (TPSA) is 105 Å². The molecule has 1 saturated heterocycles. The third kappa shape index (κ3) is 4.05. The van der Waals surface area contributed by atoms with Gasteiger partial charge in [-0.2, -0.15) is 0 Å². The Kier molecular flexibility index (Phi) is 6.45. The van der Waals surface area contributed by atoms with Gasteiger partial charge in [0.15, 0.2) is 0 Å². The molecule has 1 aromatic rings. The Morgan fingerprint density at radius 2 is 2.05 bits per heavy atom. The van der Waals surface area contributed by atoms with Gasteiger partial charge in [-0.25, -0.2) is 0 Å². The van der Waals surface area contributed by atoms with Gasteiger partial charge in [0.25, 0.3) is 0 Å². The fourth-order valence-electron chi connectivity index (χ4n) is 9.00. The Bertz CT molecular complexity index is 1440. The highest BCUT2D eigenvalue weighted by Gasteiger charge is 2.62. The molecule has 6 aliphatic rings. The first-order chi connectivity index (χ1) is 19.7. The summed E-state index contributed by atoms with van der Waals surface area (Å²) in [5.41, 5.74) is 13.7. The van der Waals surface area contributed by atoms with E-state index in [4.69, 9.17) is 15.6 Å². The van der Waals surface area contributed by atoms with Gasteiger partial charge in [0.2, 0.25) is 5.91 Å². The van der Waals surface area contributed by atoms with Crippen molar-refractivity contribution in [2.75, 3.05) is 13.1 Å². The maximum Gasteiger partial charge on any atom is 0.320 e. The Morgan fingerprint density at radius 3 is 2.88 bits per heavy atom. The summed E-state index contributed by atoms with van der Waals surface area (Å²) in [6.45, 7) is 8.06. The molecule has 0 radical (unpaired) electrons. The molecule has 0 saturated carbocycles. The Hall–Kier alpha value is -2.94. The van der Waals surface area contributed by atoms with Crippen LogP contribution in [0.25, 0.3) is 0 Å². The molecule has 1 fully saturated rings. The maximum atomic E-state index is 12.8. The van der Waals surface area contributed by atoms with Gasteiger partial charge in [-0.1, -0.05) is 54.7 Å². The number of piperidine rings is 1. The van der Waals surface area contributed by atoms with Crippen LogP contribution in [-0.4, -0.2) is 49.1 Å². The van der Waals surface area contributed by atoms with Crippen molar-refractivity contribution >= 4 is 20.0 Å². The van der Waals surface area contributed by atoms with E-state index in [2.05, 4.69) is 65.8 Å². The van der Waals surface area contributed by atoms with E-state index in [1.807, 2.05) is 0 Å². The average Bonchev–Trinajstić information content (AvgIpc) is 3.35. The van der Waals surface area contributed by atoms with Crippen molar-refractivity contribution in [2.24, 2.45) is 17.6 Å². The molecule has 1 aromatic carbocycles. The highest BCUT2D eigenvalue weighted by Crippen LogP contribution is 2.65. The molecule has 216 valence electrons. The number of carbonyl (C=O) groups excluding carboxylic acids is 1. The molecule has 7 nitrogen and oxygen atoms in total. The van der Waals surface area contributed by atoms with Crippen LogP contribution in [0, 0.1) is 11.8 Å². The Labute approximate surface area is 243 Å². The molecule has 5 atom stereocenters. The van der Waals surface area contributed by atoms with Gasteiger partial charge in [0.05, 0.1) is 14.7 Å². The highest BCUT2D eigenvalue weighted by molar-refractivity contribution is 6.87. The average molecular weight is 572 g/mol. The summed E-state index contributed by atoms with van der Waals surface area (Å²) in [7, 11) is -2.09. The number of amides is 1. The summed E-state index contributed by atoms with van der Waals surface area (Å²) in [6.07, 6.45) is 12.8. The van der Waals surface area contributed by atoms with Crippen LogP contribution in [0.2, 0.25) is 18.6 Å². The van der Waals surface area contributed by atoms with Crippen molar-refractivity contribution in [1.82, 2.24) is 10.2 Å². The second-order valence-electron chi connectivity index (χ2n) is 13.3. The Morgan fingerprint density at radius 1 is 1.24 bits per heavy atom.